The summed E-state index contributed by atoms with van der Waals surface area (Å²) in [5, 5.41) is 9.92. The first-order valence-corrected chi connectivity index (χ1v) is 7.24. The van der Waals surface area contributed by atoms with E-state index < -0.39 is 11.2 Å². The average molecular weight is 335 g/mol. The lowest BCUT2D eigenvalue weighted by molar-refractivity contribution is 0.180. The molecular formula is C15H12BrFN2O. The number of pyridine rings is 1. The fourth-order valence-electron chi connectivity index (χ4n) is 2.71. The molecule has 1 heterocycles. The highest BCUT2D eigenvalue weighted by atomic mass is 79.9. The van der Waals surface area contributed by atoms with Crippen LogP contribution in [0.25, 0.3) is 10.8 Å². The summed E-state index contributed by atoms with van der Waals surface area (Å²) in [6.07, 6.45) is 4.24. The van der Waals surface area contributed by atoms with E-state index in [1.54, 1.807) is 12.3 Å². The zero-order chi connectivity index (χ0) is 14.3. The molecule has 1 aliphatic carbocycles. The van der Waals surface area contributed by atoms with Crippen LogP contribution in [0, 0.1) is 22.6 Å². The number of nitrogens with zero attached hydrogens (tertiary/aromatic N) is 2. The second-order valence-electron chi connectivity index (χ2n) is 5.32. The average Bonchev–Trinajstić information content (AvgIpc) is 2.39. The normalized spacial score (nSPS) is 16.6. The first kappa shape index (κ1) is 13.3. The van der Waals surface area contributed by atoms with Crippen molar-refractivity contribution < 1.29 is 4.39 Å². The molecule has 0 unspecified atom stereocenters. The maximum atomic E-state index is 13.8. The smallest absolute Gasteiger partial charge is 0.258 e. The van der Waals surface area contributed by atoms with Gasteiger partial charge < -0.3 is 4.57 Å². The van der Waals surface area contributed by atoms with Crippen LogP contribution in [0.4, 0.5) is 4.39 Å². The molecule has 1 saturated carbocycles. The Kier molecular flexibility index (Phi) is 3.14. The van der Waals surface area contributed by atoms with E-state index in [1.807, 2.05) is 0 Å². The lowest BCUT2D eigenvalue weighted by Crippen LogP contribution is -2.36. The molecule has 2 aromatic rings. The molecule has 0 spiro atoms. The first-order valence-electron chi connectivity index (χ1n) is 6.45. The van der Waals surface area contributed by atoms with Gasteiger partial charge in [0.05, 0.1) is 16.9 Å². The van der Waals surface area contributed by atoms with Crippen molar-refractivity contribution in [1.29, 1.82) is 5.26 Å². The van der Waals surface area contributed by atoms with Gasteiger partial charge in [0.25, 0.3) is 5.56 Å². The van der Waals surface area contributed by atoms with E-state index >= 15 is 0 Å². The van der Waals surface area contributed by atoms with Crippen LogP contribution in [-0.4, -0.2) is 4.57 Å². The van der Waals surface area contributed by atoms with Gasteiger partial charge in [-0.2, -0.15) is 5.26 Å². The second-order valence-corrected chi connectivity index (χ2v) is 6.17. The molecule has 20 heavy (non-hydrogen) atoms. The number of fused-ring (bicyclic) bond motifs is 1. The van der Waals surface area contributed by atoms with Gasteiger partial charge in [-0.3, -0.25) is 4.79 Å². The molecule has 1 aromatic heterocycles. The zero-order valence-electron chi connectivity index (χ0n) is 10.7. The van der Waals surface area contributed by atoms with E-state index in [2.05, 4.69) is 22.0 Å². The van der Waals surface area contributed by atoms with Crippen molar-refractivity contribution in [3.63, 3.8) is 0 Å². The molecule has 0 amide bonds. The first-order chi connectivity index (χ1) is 9.56. The minimum absolute atomic E-state index is 0.246. The maximum Gasteiger partial charge on any atom is 0.258 e. The van der Waals surface area contributed by atoms with E-state index in [4.69, 9.17) is 0 Å². The summed E-state index contributed by atoms with van der Waals surface area (Å²) in [4.78, 5) is 12.4. The quantitative estimate of drug-likeness (QED) is 0.842. The molecule has 1 aliphatic rings. The Hall–Kier alpha value is -1.67. The van der Waals surface area contributed by atoms with Crippen LogP contribution in [0.15, 0.2) is 33.7 Å². The van der Waals surface area contributed by atoms with Crippen molar-refractivity contribution in [3.05, 3.63) is 45.0 Å². The second kappa shape index (κ2) is 4.71. The van der Waals surface area contributed by atoms with Crippen molar-refractivity contribution in [2.45, 2.75) is 25.8 Å². The van der Waals surface area contributed by atoms with Gasteiger partial charge in [-0.05, 0) is 40.9 Å². The topological polar surface area (TPSA) is 45.8 Å². The number of rotatable bonds is 2. The van der Waals surface area contributed by atoms with Crippen molar-refractivity contribution in [2.75, 3.05) is 0 Å². The maximum absolute atomic E-state index is 13.8. The molecule has 1 fully saturated rings. The molecule has 0 atom stereocenters. The van der Waals surface area contributed by atoms with Gasteiger partial charge in [0.15, 0.2) is 0 Å². The van der Waals surface area contributed by atoms with Crippen LogP contribution in [0.3, 0.4) is 0 Å². The third-order valence-electron chi connectivity index (χ3n) is 4.03. The SMILES string of the molecule is N#CC1(Cn2cc(Br)c3c(F)cccc3c2=O)CCC1. The Labute approximate surface area is 123 Å². The minimum Gasteiger partial charge on any atom is -0.312 e. The molecule has 0 bridgehead atoms. The molecule has 0 N–H and O–H groups in total. The van der Waals surface area contributed by atoms with E-state index in [-0.39, 0.29) is 5.56 Å². The fourth-order valence-corrected chi connectivity index (χ4v) is 3.36. The number of halogens is 2. The molecule has 5 heteroatoms. The number of hydrogen-bond donors (Lipinski definition) is 0. The van der Waals surface area contributed by atoms with Gasteiger partial charge >= 0.3 is 0 Å². The summed E-state index contributed by atoms with van der Waals surface area (Å²) in [6.45, 7) is 0.368. The predicted molar refractivity (Wildman–Crippen MR) is 77.8 cm³/mol. The van der Waals surface area contributed by atoms with Gasteiger partial charge in [-0.1, -0.05) is 12.5 Å². The molecule has 3 rings (SSSR count). The van der Waals surface area contributed by atoms with Crippen LogP contribution in [0.2, 0.25) is 0 Å². The molecule has 1 aromatic carbocycles. The van der Waals surface area contributed by atoms with Gasteiger partial charge in [0, 0.05) is 22.6 Å². The summed E-state index contributed by atoms with van der Waals surface area (Å²) in [6, 6.07) is 6.79. The third-order valence-corrected chi connectivity index (χ3v) is 4.63. The summed E-state index contributed by atoms with van der Waals surface area (Å²) in [5.74, 6) is -0.419. The highest BCUT2D eigenvalue weighted by Gasteiger charge is 2.38. The van der Waals surface area contributed by atoms with Crippen LogP contribution < -0.4 is 5.56 Å². The van der Waals surface area contributed by atoms with E-state index in [1.165, 1.54) is 16.7 Å². The lowest BCUT2D eigenvalue weighted by Gasteiger charge is -2.35. The minimum atomic E-state index is -0.440. The summed E-state index contributed by atoms with van der Waals surface area (Å²) < 4.78 is 15.9. The molecule has 0 radical (unpaired) electrons. The number of hydrogen-bond acceptors (Lipinski definition) is 2. The van der Waals surface area contributed by atoms with E-state index in [9.17, 15) is 14.4 Å². The lowest BCUT2D eigenvalue weighted by atomic mass is 9.70. The fraction of sp³-hybridized carbons (Fsp3) is 0.333. The van der Waals surface area contributed by atoms with E-state index in [0.717, 1.165) is 19.3 Å². The Morgan fingerprint density at radius 1 is 1.45 bits per heavy atom. The highest BCUT2D eigenvalue weighted by molar-refractivity contribution is 9.10. The van der Waals surface area contributed by atoms with Crippen molar-refractivity contribution in [2.24, 2.45) is 5.41 Å². The zero-order valence-corrected chi connectivity index (χ0v) is 12.3. The van der Waals surface area contributed by atoms with Crippen LogP contribution in [0.1, 0.15) is 19.3 Å². The van der Waals surface area contributed by atoms with Crippen molar-refractivity contribution in [3.8, 4) is 6.07 Å². The van der Waals surface area contributed by atoms with Crippen LogP contribution in [0.5, 0.6) is 0 Å². The molecule has 0 aliphatic heterocycles. The molecule has 0 saturated heterocycles. The Morgan fingerprint density at radius 2 is 2.20 bits per heavy atom. The Bertz CT molecular complexity index is 787. The van der Waals surface area contributed by atoms with Gasteiger partial charge in [-0.15, -0.1) is 0 Å². The van der Waals surface area contributed by atoms with Gasteiger partial charge in [0.1, 0.15) is 5.82 Å². The standard InChI is InChI=1S/C15H12BrFN2O/c16-11-7-19(9-15(8-18)5-2-6-15)14(20)10-3-1-4-12(17)13(10)11/h1,3-4,7H,2,5-6,9H2. The van der Waals surface area contributed by atoms with Gasteiger partial charge in [-0.25, -0.2) is 4.39 Å². The number of nitriles is 1. The molecule has 3 nitrogen and oxygen atoms in total. The monoisotopic (exact) mass is 334 g/mol. The van der Waals surface area contributed by atoms with Crippen molar-refractivity contribution in [1.82, 2.24) is 4.57 Å². The van der Waals surface area contributed by atoms with Crippen LogP contribution in [-0.2, 0) is 6.54 Å². The number of benzene rings is 1. The molecule has 102 valence electrons. The van der Waals surface area contributed by atoms with Crippen molar-refractivity contribution >= 4 is 26.7 Å². The van der Waals surface area contributed by atoms with E-state index in [0.29, 0.717) is 21.8 Å². The Balaban J connectivity index is 2.17. The van der Waals surface area contributed by atoms with Crippen LogP contribution >= 0.6 is 15.9 Å². The molecular weight excluding hydrogens is 323 g/mol. The predicted octanol–water partition coefficient (Wildman–Crippen LogP) is 3.60. The highest BCUT2D eigenvalue weighted by Crippen LogP contribution is 2.41. The third kappa shape index (κ3) is 1.95. The van der Waals surface area contributed by atoms with Gasteiger partial charge in [0.2, 0.25) is 0 Å². The summed E-state index contributed by atoms with van der Waals surface area (Å²) in [7, 11) is 0. The Morgan fingerprint density at radius 3 is 2.80 bits per heavy atom. The largest absolute Gasteiger partial charge is 0.312 e. The summed E-state index contributed by atoms with van der Waals surface area (Å²) >= 11 is 3.32. The summed E-state index contributed by atoms with van der Waals surface area (Å²) in [5.41, 5.74) is -0.686. The number of aromatic nitrogens is 1.